The van der Waals surface area contributed by atoms with Crippen LogP contribution in [0.2, 0.25) is 6.04 Å². The van der Waals surface area contributed by atoms with Crippen molar-refractivity contribution in [1.82, 2.24) is 5.32 Å². The van der Waals surface area contributed by atoms with Crippen LogP contribution in [0.3, 0.4) is 0 Å². The monoisotopic (exact) mass is 307 g/mol. The molecule has 7 nitrogen and oxygen atoms in total. The highest BCUT2D eigenvalue weighted by Gasteiger charge is 2.40. The number of rotatable bonds is 11. The Morgan fingerprint density at radius 2 is 1.75 bits per heavy atom. The maximum atomic E-state index is 11.4. The van der Waals surface area contributed by atoms with Gasteiger partial charge < -0.3 is 28.1 Å². The van der Waals surface area contributed by atoms with E-state index in [1.54, 1.807) is 0 Å². The van der Waals surface area contributed by atoms with Gasteiger partial charge in [-0.1, -0.05) is 0 Å². The summed E-state index contributed by atoms with van der Waals surface area (Å²) >= 11 is 0. The molecule has 1 saturated heterocycles. The fourth-order valence-electron chi connectivity index (χ4n) is 1.70. The van der Waals surface area contributed by atoms with Crippen molar-refractivity contribution in [1.29, 1.82) is 0 Å². The molecule has 0 aromatic heterocycles. The minimum absolute atomic E-state index is 0.0736. The molecule has 0 aromatic carbocycles. The minimum atomic E-state index is -2.69. The Balaban J connectivity index is 2.29. The van der Waals surface area contributed by atoms with Crippen LogP contribution in [-0.4, -0.2) is 60.6 Å². The number of carbonyl (C=O) groups is 1. The molecule has 1 heterocycles. The van der Waals surface area contributed by atoms with E-state index in [1.165, 1.54) is 0 Å². The van der Waals surface area contributed by atoms with Crippen molar-refractivity contribution in [3.63, 3.8) is 0 Å². The largest absolute Gasteiger partial charge is 0.502 e. The average Bonchev–Trinajstić information content (AvgIpc) is 3.21. The van der Waals surface area contributed by atoms with Gasteiger partial charge in [-0.15, -0.1) is 0 Å². The molecule has 0 spiro atoms. The van der Waals surface area contributed by atoms with Crippen molar-refractivity contribution in [2.75, 3.05) is 39.6 Å². The Bertz CT molecular complexity index is 270. The van der Waals surface area contributed by atoms with Crippen LogP contribution in [0.1, 0.15) is 20.8 Å². The van der Waals surface area contributed by atoms with E-state index in [0.717, 1.165) is 0 Å². The van der Waals surface area contributed by atoms with Gasteiger partial charge in [-0.3, -0.25) is 0 Å². The number of ether oxygens (including phenoxy) is 2. The normalized spacial score (nSPS) is 17.9. The number of carbonyl (C=O) groups excluding carboxylic acids is 1. The highest BCUT2D eigenvalue weighted by atomic mass is 28.4. The summed E-state index contributed by atoms with van der Waals surface area (Å²) in [4.78, 5) is 11.4. The third kappa shape index (κ3) is 6.66. The first-order chi connectivity index (χ1) is 9.65. The average molecular weight is 307 g/mol. The molecule has 1 aliphatic heterocycles. The van der Waals surface area contributed by atoms with Gasteiger partial charge in [0.25, 0.3) is 0 Å². The number of epoxide rings is 1. The first kappa shape index (κ1) is 17.4. The molecular weight excluding hydrogens is 282 g/mol. The lowest BCUT2D eigenvalue weighted by Crippen LogP contribution is -2.48. The summed E-state index contributed by atoms with van der Waals surface area (Å²) in [5.41, 5.74) is 0. The van der Waals surface area contributed by atoms with Gasteiger partial charge in [-0.05, 0) is 20.8 Å². The van der Waals surface area contributed by atoms with Gasteiger partial charge in [0, 0.05) is 32.4 Å². The number of hydrogen-bond acceptors (Lipinski definition) is 6. The van der Waals surface area contributed by atoms with Gasteiger partial charge in [0.1, 0.15) is 12.7 Å². The molecular formula is C12H25NO6Si. The van der Waals surface area contributed by atoms with E-state index in [-0.39, 0.29) is 6.10 Å². The zero-order valence-corrected chi connectivity index (χ0v) is 13.5. The zero-order valence-electron chi connectivity index (χ0n) is 12.5. The maximum absolute atomic E-state index is 11.4. The molecule has 0 bridgehead atoms. The van der Waals surface area contributed by atoms with Crippen molar-refractivity contribution in [2.24, 2.45) is 0 Å². The van der Waals surface area contributed by atoms with Crippen molar-refractivity contribution < 1.29 is 27.5 Å². The summed E-state index contributed by atoms with van der Waals surface area (Å²) in [5, 5.41) is 2.67. The SMILES string of the molecule is CCO[Si](CCNC(=O)OCC1CO1)(OCC)OCC. The third-order valence-electron chi connectivity index (χ3n) is 2.60. The molecule has 1 unspecified atom stereocenters. The molecule has 0 aromatic rings. The Morgan fingerprint density at radius 1 is 1.20 bits per heavy atom. The van der Waals surface area contributed by atoms with Crippen LogP contribution in [0, 0.1) is 0 Å². The standard InChI is InChI=1S/C12H25NO6Si/c1-4-17-20(18-5-2,19-6-3)8-7-13-12(14)16-10-11-9-15-11/h11H,4-10H2,1-3H3,(H,13,14). The second kappa shape index (κ2) is 9.30. The lowest BCUT2D eigenvalue weighted by Gasteiger charge is -2.28. The van der Waals surface area contributed by atoms with Gasteiger partial charge >= 0.3 is 14.9 Å². The zero-order chi connectivity index (χ0) is 14.8. The molecule has 20 heavy (non-hydrogen) atoms. The second-order valence-electron chi connectivity index (χ2n) is 4.21. The van der Waals surface area contributed by atoms with Crippen molar-refractivity contribution in [2.45, 2.75) is 32.9 Å². The fraction of sp³-hybridized carbons (Fsp3) is 0.917. The van der Waals surface area contributed by atoms with E-state index in [4.69, 9.17) is 22.8 Å². The van der Waals surface area contributed by atoms with Crippen LogP contribution < -0.4 is 5.32 Å². The molecule has 1 N–H and O–H groups in total. The molecule has 0 aliphatic carbocycles. The van der Waals surface area contributed by atoms with Crippen LogP contribution in [-0.2, 0) is 22.8 Å². The fourth-order valence-corrected chi connectivity index (χ4v) is 4.14. The topological polar surface area (TPSA) is 78.6 Å². The molecule has 1 amide bonds. The Hall–Kier alpha value is -0.673. The smallest absolute Gasteiger partial charge is 0.447 e. The lowest BCUT2D eigenvalue weighted by molar-refractivity contribution is 0.0711. The summed E-state index contributed by atoms with van der Waals surface area (Å²) in [7, 11) is -2.69. The second-order valence-corrected chi connectivity index (χ2v) is 6.94. The van der Waals surface area contributed by atoms with E-state index in [9.17, 15) is 4.79 Å². The highest BCUT2D eigenvalue weighted by Crippen LogP contribution is 2.15. The first-order valence-electron chi connectivity index (χ1n) is 7.09. The van der Waals surface area contributed by atoms with E-state index in [1.807, 2.05) is 20.8 Å². The summed E-state index contributed by atoms with van der Waals surface area (Å²) in [6, 6.07) is 0.525. The molecule has 1 fully saturated rings. The number of hydrogen-bond donors (Lipinski definition) is 1. The Kier molecular flexibility index (Phi) is 8.08. The number of nitrogens with one attached hydrogen (secondary N) is 1. The summed E-state index contributed by atoms with van der Waals surface area (Å²) in [6.45, 7) is 8.64. The van der Waals surface area contributed by atoms with Gasteiger partial charge in [0.15, 0.2) is 0 Å². The van der Waals surface area contributed by atoms with Crippen LogP contribution >= 0.6 is 0 Å². The van der Waals surface area contributed by atoms with Gasteiger partial charge in [0.2, 0.25) is 0 Å². The van der Waals surface area contributed by atoms with E-state index < -0.39 is 14.9 Å². The molecule has 0 saturated carbocycles. The Labute approximate surface area is 121 Å². The molecule has 0 radical (unpaired) electrons. The van der Waals surface area contributed by atoms with Crippen molar-refractivity contribution in [3.05, 3.63) is 0 Å². The summed E-state index contributed by atoms with van der Waals surface area (Å²) in [5.74, 6) is 0. The van der Waals surface area contributed by atoms with Crippen LogP contribution in [0.15, 0.2) is 0 Å². The number of alkyl carbamates (subject to hydrolysis) is 1. The van der Waals surface area contributed by atoms with E-state index >= 15 is 0 Å². The van der Waals surface area contributed by atoms with Crippen LogP contribution in [0.25, 0.3) is 0 Å². The van der Waals surface area contributed by atoms with Gasteiger partial charge in [0.05, 0.1) is 6.61 Å². The minimum Gasteiger partial charge on any atom is -0.447 e. The van der Waals surface area contributed by atoms with Crippen molar-refractivity contribution >= 4 is 14.9 Å². The predicted molar refractivity (Wildman–Crippen MR) is 74.5 cm³/mol. The lowest BCUT2D eigenvalue weighted by atomic mass is 10.5. The molecule has 1 aliphatic rings. The van der Waals surface area contributed by atoms with Crippen molar-refractivity contribution in [3.8, 4) is 0 Å². The Morgan fingerprint density at radius 3 is 2.20 bits per heavy atom. The summed E-state index contributed by atoms with van der Waals surface area (Å²) < 4.78 is 27.0. The number of amides is 1. The van der Waals surface area contributed by atoms with Crippen LogP contribution in [0.5, 0.6) is 0 Å². The highest BCUT2D eigenvalue weighted by molar-refractivity contribution is 6.60. The molecule has 1 rings (SSSR count). The van der Waals surface area contributed by atoms with Crippen LogP contribution in [0.4, 0.5) is 4.79 Å². The van der Waals surface area contributed by atoms with Gasteiger partial charge in [-0.2, -0.15) is 0 Å². The van der Waals surface area contributed by atoms with E-state index in [0.29, 0.717) is 45.6 Å². The predicted octanol–water partition coefficient (Wildman–Crippen LogP) is 1.16. The molecule has 118 valence electrons. The first-order valence-corrected chi connectivity index (χ1v) is 9.03. The van der Waals surface area contributed by atoms with Gasteiger partial charge in [-0.25, -0.2) is 4.79 Å². The molecule has 1 atom stereocenters. The summed E-state index contributed by atoms with van der Waals surface area (Å²) in [6.07, 6.45) is -0.377. The van der Waals surface area contributed by atoms with E-state index in [2.05, 4.69) is 5.32 Å². The quantitative estimate of drug-likeness (QED) is 0.456. The third-order valence-corrected chi connectivity index (χ3v) is 5.64. The maximum Gasteiger partial charge on any atom is 0.502 e. The molecule has 8 heteroatoms.